The van der Waals surface area contributed by atoms with Gasteiger partial charge in [0.05, 0.1) is 13.1 Å². The van der Waals surface area contributed by atoms with Crippen LogP contribution in [-0.2, 0) is 9.59 Å². The molecule has 0 aliphatic heterocycles. The van der Waals surface area contributed by atoms with E-state index in [0.717, 1.165) is 12.8 Å². The topological polar surface area (TPSA) is 70.2 Å². The first-order chi connectivity index (χ1) is 8.58. The second-order valence-corrected chi connectivity index (χ2v) is 5.35. The highest BCUT2D eigenvalue weighted by Gasteiger charge is 2.16. The lowest BCUT2D eigenvalue weighted by Crippen LogP contribution is -2.42. The summed E-state index contributed by atoms with van der Waals surface area (Å²) >= 11 is 0. The number of hydrogen-bond acceptors (Lipinski definition) is 3. The van der Waals surface area contributed by atoms with Crippen molar-refractivity contribution in [2.45, 2.75) is 45.6 Å². The molecular formula is C13H25N3O2. The Hall–Kier alpha value is -1.10. The fourth-order valence-electron chi connectivity index (χ4n) is 2.02. The molecule has 0 aromatic heterocycles. The van der Waals surface area contributed by atoms with Crippen LogP contribution in [0.2, 0.25) is 0 Å². The van der Waals surface area contributed by atoms with Gasteiger partial charge in [-0.05, 0) is 18.8 Å². The van der Waals surface area contributed by atoms with Gasteiger partial charge in [-0.25, -0.2) is 0 Å². The molecule has 0 heterocycles. The predicted molar refractivity (Wildman–Crippen MR) is 71.1 cm³/mol. The molecule has 0 aromatic rings. The maximum Gasteiger partial charge on any atom is 0.234 e. The van der Waals surface area contributed by atoms with Gasteiger partial charge >= 0.3 is 0 Å². The summed E-state index contributed by atoms with van der Waals surface area (Å²) in [6, 6.07) is 0.342. The Labute approximate surface area is 109 Å². The lowest BCUT2D eigenvalue weighted by atomic mass is 10.2. The number of amides is 2. The van der Waals surface area contributed by atoms with Crippen LogP contribution in [0.4, 0.5) is 0 Å². The minimum absolute atomic E-state index is 0.0152. The van der Waals surface area contributed by atoms with Crippen LogP contribution < -0.4 is 16.0 Å². The van der Waals surface area contributed by atoms with Gasteiger partial charge in [0.15, 0.2) is 0 Å². The summed E-state index contributed by atoms with van der Waals surface area (Å²) in [6.45, 7) is 5.18. The third-order valence-electron chi connectivity index (χ3n) is 3.00. The minimum atomic E-state index is -0.0580. The highest BCUT2D eigenvalue weighted by atomic mass is 16.2. The van der Waals surface area contributed by atoms with E-state index in [0.29, 0.717) is 18.5 Å². The Balaban J connectivity index is 2.02. The van der Waals surface area contributed by atoms with Crippen molar-refractivity contribution < 1.29 is 9.59 Å². The minimum Gasteiger partial charge on any atom is -0.355 e. The van der Waals surface area contributed by atoms with Crippen LogP contribution in [0, 0.1) is 5.92 Å². The van der Waals surface area contributed by atoms with Crippen LogP contribution in [-0.4, -0.2) is 37.5 Å². The molecule has 1 rings (SSSR count). The van der Waals surface area contributed by atoms with Gasteiger partial charge in [0.2, 0.25) is 11.8 Å². The molecule has 0 radical (unpaired) electrons. The Morgan fingerprint density at radius 2 is 1.72 bits per heavy atom. The largest absolute Gasteiger partial charge is 0.355 e. The first kappa shape index (κ1) is 15.0. The van der Waals surface area contributed by atoms with E-state index in [1.807, 2.05) is 13.8 Å². The normalized spacial score (nSPS) is 15.9. The fraction of sp³-hybridized carbons (Fsp3) is 0.846. The SMILES string of the molecule is CC(C)CNC(=O)CNCC(=O)NC1CCCC1. The third kappa shape index (κ3) is 6.59. The monoisotopic (exact) mass is 255 g/mol. The van der Waals surface area contributed by atoms with Crippen molar-refractivity contribution in [3.8, 4) is 0 Å². The number of carbonyl (C=O) groups excluding carboxylic acids is 2. The van der Waals surface area contributed by atoms with E-state index in [2.05, 4.69) is 16.0 Å². The molecule has 1 saturated carbocycles. The molecule has 3 N–H and O–H groups in total. The quantitative estimate of drug-likeness (QED) is 0.617. The fourth-order valence-corrected chi connectivity index (χ4v) is 2.02. The summed E-state index contributed by atoms with van der Waals surface area (Å²) < 4.78 is 0. The summed E-state index contributed by atoms with van der Waals surface area (Å²) in [5.74, 6) is 0.371. The smallest absolute Gasteiger partial charge is 0.234 e. The number of hydrogen-bond donors (Lipinski definition) is 3. The van der Waals surface area contributed by atoms with Crippen LogP contribution in [0.5, 0.6) is 0 Å². The van der Waals surface area contributed by atoms with E-state index in [4.69, 9.17) is 0 Å². The van der Waals surface area contributed by atoms with Crippen LogP contribution in [0.3, 0.4) is 0 Å². The molecule has 5 nitrogen and oxygen atoms in total. The van der Waals surface area contributed by atoms with Crippen LogP contribution >= 0.6 is 0 Å². The lowest BCUT2D eigenvalue weighted by Gasteiger charge is -2.12. The summed E-state index contributed by atoms with van der Waals surface area (Å²) in [6.07, 6.45) is 4.58. The van der Waals surface area contributed by atoms with Gasteiger partial charge in [-0.1, -0.05) is 26.7 Å². The second kappa shape index (κ2) is 8.08. The van der Waals surface area contributed by atoms with Gasteiger partial charge in [-0.2, -0.15) is 0 Å². The van der Waals surface area contributed by atoms with Gasteiger partial charge < -0.3 is 10.6 Å². The molecule has 1 aliphatic rings. The number of rotatable bonds is 7. The van der Waals surface area contributed by atoms with Crippen LogP contribution in [0.15, 0.2) is 0 Å². The zero-order valence-electron chi connectivity index (χ0n) is 11.4. The highest BCUT2D eigenvalue weighted by Crippen LogP contribution is 2.17. The molecule has 104 valence electrons. The van der Waals surface area contributed by atoms with Crippen molar-refractivity contribution in [1.29, 1.82) is 0 Å². The molecule has 0 saturated heterocycles. The van der Waals surface area contributed by atoms with E-state index < -0.39 is 0 Å². The summed E-state index contributed by atoms with van der Waals surface area (Å²) in [4.78, 5) is 22.9. The predicted octanol–water partition coefficient (Wildman–Crippen LogP) is 0.407. The molecule has 0 spiro atoms. The zero-order valence-corrected chi connectivity index (χ0v) is 11.4. The zero-order chi connectivity index (χ0) is 13.4. The van der Waals surface area contributed by atoms with E-state index in [9.17, 15) is 9.59 Å². The molecule has 0 atom stereocenters. The molecule has 0 unspecified atom stereocenters. The van der Waals surface area contributed by atoms with E-state index in [1.54, 1.807) is 0 Å². The Morgan fingerprint density at radius 1 is 1.11 bits per heavy atom. The number of nitrogens with one attached hydrogen (secondary N) is 3. The van der Waals surface area contributed by atoms with Crippen molar-refractivity contribution in [2.75, 3.05) is 19.6 Å². The molecule has 0 bridgehead atoms. The van der Waals surface area contributed by atoms with Crippen molar-refractivity contribution in [3.63, 3.8) is 0 Å². The molecule has 2 amide bonds. The second-order valence-electron chi connectivity index (χ2n) is 5.35. The molecule has 0 aromatic carbocycles. The maximum atomic E-state index is 11.5. The molecule has 1 fully saturated rings. The van der Waals surface area contributed by atoms with Crippen molar-refractivity contribution >= 4 is 11.8 Å². The van der Waals surface area contributed by atoms with E-state index in [-0.39, 0.29) is 24.9 Å². The van der Waals surface area contributed by atoms with Gasteiger partial charge in [-0.3, -0.25) is 14.9 Å². The first-order valence-corrected chi connectivity index (χ1v) is 6.84. The maximum absolute atomic E-state index is 11.5. The summed E-state index contributed by atoms with van der Waals surface area (Å²) in [5, 5.41) is 8.62. The Kier molecular flexibility index (Phi) is 6.72. The van der Waals surface area contributed by atoms with Crippen molar-refractivity contribution in [2.24, 2.45) is 5.92 Å². The van der Waals surface area contributed by atoms with E-state index >= 15 is 0 Å². The first-order valence-electron chi connectivity index (χ1n) is 6.84. The highest BCUT2D eigenvalue weighted by molar-refractivity contribution is 5.81. The number of carbonyl (C=O) groups is 2. The van der Waals surface area contributed by atoms with Crippen LogP contribution in [0.1, 0.15) is 39.5 Å². The van der Waals surface area contributed by atoms with Gasteiger partial charge in [-0.15, -0.1) is 0 Å². The third-order valence-corrected chi connectivity index (χ3v) is 3.00. The average molecular weight is 255 g/mol. The Bertz CT molecular complexity index is 273. The summed E-state index contributed by atoms with van der Waals surface area (Å²) in [5.41, 5.74) is 0. The standard InChI is InChI=1S/C13H25N3O2/c1-10(2)7-15-12(17)8-14-9-13(18)16-11-5-3-4-6-11/h10-11,14H,3-9H2,1-2H3,(H,15,17)(H,16,18). The van der Waals surface area contributed by atoms with Crippen LogP contribution in [0.25, 0.3) is 0 Å². The van der Waals surface area contributed by atoms with Gasteiger partial charge in [0.1, 0.15) is 0 Å². The molecule has 5 heteroatoms. The van der Waals surface area contributed by atoms with Crippen molar-refractivity contribution in [3.05, 3.63) is 0 Å². The average Bonchev–Trinajstić information content (AvgIpc) is 2.79. The molecular weight excluding hydrogens is 230 g/mol. The van der Waals surface area contributed by atoms with Gasteiger partial charge in [0, 0.05) is 12.6 Å². The Morgan fingerprint density at radius 3 is 2.33 bits per heavy atom. The van der Waals surface area contributed by atoms with Crippen molar-refractivity contribution in [1.82, 2.24) is 16.0 Å². The van der Waals surface area contributed by atoms with E-state index in [1.165, 1.54) is 12.8 Å². The molecule has 18 heavy (non-hydrogen) atoms. The van der Waals surface area contributed by atoms with Gasteiger partial charge in [0.25, 0.3) is 0 Å². The molecule has 1 aliphatic carbocycles. The lowest BCUT2D eigenvalue weighted by molar-refractivity contribution is -0.121. The summed E-state index contributed by atoms with van der Waals surface area (Å²) in [7, 11) is 0.